The van der Waals surface area contributed by atoms with Gasteiger partial charge in [0.1, 0.15) is 5.75 Å². The van der Waals surface area contributed by atoms with Crippen LogP contribution in [0.2, 0.25) is 0 Å². The summed E-state index contributed by atoms with van der Waals surface area (Å²) in [4.78, 5) is 42.8. The zero-order valence-corrected chi connectivity index (χ0v) is 24.5. The summed E-state index contributed by atoms with van der Waals surface area (Å²) in [6.45, 7) is 13.2. The smallest absolute Gasteiger partial charge is 0.262 e. The van der Waals surface area contributed by atoms with E-state index in [0.717, 1.165) is 35.4 Å². The molecule has 0 unspecified atom stereocenters. The standard InChI is InChI=1S/C34H40N2O4/c1-7-36-24-16-33(3,4)18-26(37)31(24)30(32-25(36)17-34(5,6)19-27(32)38)23-10-8-9-11-28(23)40-20-29(39)35-22-14-12-21(2)13-15-22/h8-15,30H,7,16-20H2,1-6H3,(H,35,39). The molecule has 210 valence electrons. The van der Waals surface area contributed by atoms with Gasteiger partial charge in [0.2, 0.25) is 0 Å². The molecule has 3 aliphatic rings. The number of rotatable bonds is 6. The van der Waals surface area contributed by atoms with E-state index in [4.69, 9.17) is 4.74 Å². The second-order valence-corrected chi connectivity index (χ2v) is 13.0. The molecule has 0 bridgehead atoms. The number of anilines is 1. The molecule has 1 aliphatic heterocycles. The first-order chi connectivity index (χ1) is 18.9. The van der Waals surface area contributed by atoms with Gasteiger partial charge in [-0.05, 0) is 55.7 Å². The van der Waals surface area contributed by atoms with Crippen molar-refractivity contribution in [3.05, 3.63) is 82.2 Å². The van der Waals surface area contributed by atoms with Gasteiger partial charge in [-0.15, -0.1) is 0 Å². The maximum Gasteiger partial charge on any atom is 0.262 e. The number of nitrogens with zero attached hydrogens (tertiary/aromatic N) is 1. The third-order valence-electron chi connectivity index (χ3n) is 8.26. The number of aryl methyl sites for hydroxylation is 1. The molecule has 1 heterocycles. The molecule has 0 saturated carbocycles. The SMILES string of the molecule is CCN1C2=C(C(=O)CC(C)(C)C2)C(c2ccccc2OCC(=O)Nc2ccc(C)cc2)C2=C1CC(C)(C)CC2=O. The van der Waals surface area contributed by atoms with Gasteiger partial charge in [0.05, 0.1) is 0 Å². The van der Waals surface area contributed by atoms with E-state index in [1.807, 2.05) is 55.5 Å². The van der Waals surface area contributed by atoms with Crippen molar-refractivity contribution in [2.24, 2.45) is 10.8 Å². The lowest BCUT2D eigenvalue weighted by molar-refractivity contribution is -0.120. The number of carbonyl (C=O) groups is 3. The maximum atomic E-state index is 13.9. The van der Waals surface area contributed by atoms with Crippen LogP contribution in [0.15, 0.2) is 71.1 Å². The highest BCUT2D eigenvalue weighted by Gasteiger charge is 2.49. The molecule has 6 nitrogen and oxygen atoms in total. The Kier molecular flexibility index (Phi) is 7.24. The summed E-state index contributed by atoms with van der Waals surface area (Å²) < 4.78 is 6.12. The van der Waals surface area contributed by atoms with Crippen molar-refractivity contribution in [1.29, 1.82) is 0 Å². The van der Waals surface area contributed by atoms with Gasteiger partial charge < -0.3 is 15.0 Å². The van der Waals surface area contributed by atoms with E-state index >= 15 is 0 Å². The predicted octanol–water partition coefficient (Wildman–Crippen LogP) is 6.72. The lowest BCUT2D eigenvalue weighted by Gasteiger charge is -2.49. The third-order valence-corrected chi connectivity index (χ3v) is 8.26. The number of hydrogen-bond donors (Lipinski definition) is 1. The van der Waals surface area contributed by atoms with Crippen molar-refractivity contribution in [2.75, 3.05) is 18.5 Å². The molecule has 40 heavy (non-hydrogen) atoms. The number of allylic oxidation sites excluding steroid dienone is 4. The number of benzene rings is 2. The van der Waals surface area contributed by atoms with Crippen molar-refractivity contribution >= 4 is 23.2 Å². The molecule has 0 radical (unpaired) electrons. The number of ketones is 2. The van der Waals surface area contributed by atoms with Gasteiger partial charge in [0, 0.05) is 59.1 Å². The summed E-state index contributed by atoms with van der Waals surface area (Å²) in [5.41, 5.74) is 5.75. The van der Waals surface area contributed by atoms with E-state index in [2.05, 4.69) is 44.8 Å². The molecule has 2 aromatic carbocycles. The lowest BCUT2D eigenvalue weighted by Crippen LogP contribution is -2.44. The lowest BCUT2D eigenvalue weighted by atomic mass is 9.63. The molecule has 0 atom stereocenters. The summed E-state index contributed by atoms with van der Waals surface area (Å²) in [5.74, 6) is -0.0799. The Hall–Kier alpha value is -3.67. The zero-order chi connectivity index (χ0) is 28.8. The highest BCUT2D eigenvalue weighted by Crippen LogP contribution is 2.55. The van der Waals surface area contributed by atoms with Gasteiger partial charge in [-0.2, -0.15) is 0 Å². The first-order valence-electron chi connectivity index (χ1n) is 14.3. The van der Waals surface area contributed by atoms with Crippen LogP contribution >= 0.6 is 0 Å². The van der Waals surface area contributed by atoms with Crippen molar-refractivity contribution in [1.82, 2.24) is 4.90 Å². The van der Waals surface area contributed by atoms with Crippen LogP contribution in [0.25, 0.3) is 0 Å². The fraction of sp³-hybridized carbons (Fsp3) is 0.441. The topological polar surface area (TPSA) is 75.7 Å². The van der Waals surface area contributed by atoms with Gasteiger partial charge >= 0.3 is 0 Å². The molecule has 5 rings (SSSR count). The van der Waals surface area contributed by atoms with E-state index < -0.39 is 5.92 Å². The van der Waals surface area contributed by atoms with Gasteiger partial charge in [-0.1, -0.05) is 63.6 Å². The van der Waals surface area contributed by atoms with E-state index in [0.29, 0.717) is 42.0 Å². The highest BCUT2D eigenvalue weighted by atomic mass is 16.5. The van der Waals surface area contributed by atoms with Crippen LogP contribution in [0.4, 0.5) is 5.69 Å². The van der Waals surface area contributed by atoms with Crippen molar-refractivity contribution < 1.29 is 19.1 Å². The molecule has 0 aromatic heterocycles. The number of ether oxygens (including phenoxy) is 1. The molecule has 0 saturated heterocycles. The van der Waals surface area contributed by atoms with Gasteiger partial charge in [0.15, 0.2) is 18.2 Å². The first-order valence-corrected chi connectivity index (χ1v) is 14.3. The summed E-state index contributed by atoms with van der Waals surface area (Å²) in [5, 5.41) is 2.88. The second-order valence-electron chi connectivity index (χ2n) is 13.0. The first kappa shape index (κ1) is 27.9. The fourth-order valence-corrected chi connectivity index (χ4v) is 6.57. The van der Waals surface area contributed by atoms with E-state index in [1.165, 1.54) is 0 Å². The summed E-state index contributed by atoms with van der Waals surface area (Å²) in [7, 11) is 0. The zero-order valence-electron chi connectivity index (χ0n) is 24.5. The van der Waals surface area contributed by atoms with Gasteiger partial charge in [-0.3, -0.25) is 14.4 Å². The molecule has 2 aromatic rings. The van der Waals surface area contributed by atoms with E-state index in [9.17, 15) is 14.4 Å². The minimum atomic E-state index is -0.503. The van der Waals surface area contributed by atoms with Gasteiger partial charge in [0.25, 0.3) is 5.91 Å². The molecule has 0 spiro atoms. The van der Waals surface area contributed by atoms with E-state index in [1.54, 1.807) is 0 Å². The number of amides is 1. The fourth-order valence-electron chi connectivity index (χ4n) is 6.57. The number of para-hydroxylation sites is 1. The molecular weight excluding hydrogens is 500 g/mol. The van der Waals surface area contributed by atoms with Crippen molar-refractivity contribution in [3.8, 4) is 5.75 Å². The summed E-state index contributed by atoms with van der Waals surface area (Å²) >= 11 is 0. The van der Waals surface area contributed by atoms with Crippen LogP contribution in [0.5, 0.6) is 5.75 Å². The second kappa shape index (κ2) is 10.4. The average molecular weight is 541 g/mol. The molecule has 1 N–H and O–H groups in total. The van der Waals surface area contributed by atoms with E-state index in [-0.39, 0.29) is 34.9 Å². The Morgan fingerprint density at radius 2 is 1.43 bits per heavy atom. The Labute approximate surface area is 237 Å². The van der Waals surface area contributed by atoms with Crippen LogP contribution in [-0.4, -0.2) is 35.5 Å². The summed E-state index contributed by atoms with van der Waals surface area (Å²) in [6.07, 6.45) is 2.41. The Bertz CT molecular complexity index is 1370. The van der Waals surface area contributed by atoms with Crippen LogP contribution in [0.1, 0.15) is 77.3 Å². The number of hydrogen-bond acceptors (Lipinski definition) is 5. The number of Topliss-reactive ketones (excluding diaryl/α,β-unsaturated/α-hetero) is 2. The third kappa shape index (κ3) is 5.36. The van der Waals surface area contributed by atoms with Crippen LogP contribution in [-0.2, 0) is 14.4 Å². The minimum absolute atomic E-state index is 0.0887. The van der Waals surface area contributed by atoms with Gasteiger partial charge in [-0.25, -0.2) is 0 Å². The molecule has 6 heteroatoms. The quantitative estimate of drug-likeness (QED) is 0.440. The largest absolute Gasteiger partial charge is 0.483 e. The molecule has 0 fully saturated rings. The Balaban J connectivity index is 1.55. The summed E-state index contributed by atoms with van der Waals surface area (Å²) in [6, 6.07) is 15.1. The molecular formula is C34H40N2O4. The highest BCUT2D eigenvalue weighted by molar-refractivity contribution is 6.07. The minimum Gasteiger partial charge on any atom is -0.483 e. The normalized spacial score (nSPS) is 20.3. The monoisotopic (exact) mass is 540 g/mol. The van der Waals surface area contributed by atoms with Crippen LogP contribution < -0.4 is 10.1 Å². The van der Waals surface area contributed by atoms with Crippen molar-refractivity contribution in [3.63, 3.8) is 0 Å². The number of nitrogens with one attached hydrogen (secondary N) is 1. The average Bonchev–Trinajstić information content (AvgIpc) is 2.86. The molecule has 1 amide bonds. The maximum absolute atomic E-state index is 13.9. The van der Waals surface area contributed by atoms with Crippen molar-refractivity contribution in [2.45, 2.75) is 73.1 Å². The Morgan fingerprint density at radius 3 is 1.98 bits per heavy atom. The number of carbonyl (C=O) groups excluding carboxylic acids is 3. The predicted molar refractivity (Wildman–Crippen MR) is 157 cm³/mol. The van der Waals surface area contributed by atoms with Crippen LogP contribution in [0, 0.1) is 17.8 Å². The van der Waals surface area contributed by atoms with Crippen LogP contribution in [0.3, 0.4) is 0 Å². The Morgan fingerprint density at radius 1 is 0.875 bits per heavy atom. The molecule has 2 aliphatic carbocycles.